The molecule has 1 unspecified atom stereocenters. The molecule has 1 aliphatic rings. The minimum Gasteiger partial charge on any atom is -0.457 e. The van der Waals surface area contributed by atoms with Crippen molar-refractivity contribution < 1.29 is 23.2 Å². The first-order valence-electron chi connectivity index (χ1n) is 8.82. The second-order valence-corrected chi connectivity index (χ2v) is 9.01. The van der Waals surface area contributed by atoms with Gasteiger partial charge in [-0.3, -0.25) is 10.0 Å². The Balaban J connectivity index is 1.82. The predicted molar refractivity (Wildman–Crippen MR) is 104 cm³/mol. The Kier molecular flexibility index (Phi) is 6.24. The highest BCUT2D eigenvalue weighted by Gasteiger charge is 2.41. The molecule has 0 bridgehead atoms. The number of nitrogens with zero attached hydrogens (tertiary/aromatic N) is 1. The number of nitrogens with one attached hydrogen (secondary N) is 1. The normalized spacial score (nSPS) is 20.5. The quantitative estimate of drug-likeness (QED) is 0.566. The lowest BCUT2D eigenvalue weighted by Gasteiger charge is -2.37. The van der Waals surface area contributed by atoms with E-state index in [9.17, 15) is 13.2 Å². The molecular weight excluding hydrogens is 404 g/mol. The average molecular weight is 425 g/mol. The van der Waals surface area contributed by atoms with Crippen molar-refractivity contribution in [2.75, 3.05) is 6.54 Å². The van der Waals surface area contributed by atoms with Crippen LogP contribution in [0.15, 0.2) is 53.4 Å². The van der Waals surface area contributed by atoms with Crippen molar-refractivity contribution in [1.29, 1.82) is 0 Å². The van der Waals surface area contributed by atoms with Crippen LogP contribution in [0.4, 0.5) is 0 Å². The van der Waals surface area contributed by atoms with E-state index in [4.69, 9.17) is 21.5 Å². The Morgan fingerprint density at radius 3 is 2.29 bits per heavy atom. The molecule has 3 rings (SSSR count). The van der Waals surface area contributed by atoms with Crippen molar-refractivity contribution in [2.24, 2.45) is 5.92 Å². The number of benzene rings is 2. The summed E-state index contributed by atoms with van der Waals surface area (Å²) in [7, 11) is -3.91. The fourth-order valence-corrected chi connectivity index (χ4v) is 5.18. The van der Waals surface area contributed by atoms with Gasteiger partial charge in [-0.15, -0.1) is 0 Å². The van der Waals surface area contributed by atoms with Crippen LogP contribution in [0.1, 0.15) is 19.8 Å². The zero-order valence-electron chi connectivity index (χ0n) is 15.2. The summed E-state index contributed by atoms with van der Waals surface area (Å²) >= 11 is 5.84. The second-order valence-electron chi connectivity index (χ2n) is 6.68. The molecule has 0 aliphatic carbocycles. The standard InChI is InChI=1S/C19H21ClN2O5S/c1-13-3-2-12-22(18(13)19(23)21-24)28(25,26)17-10-8-16(9-11-17)27-15-6-4-14(20)5-7-15/h4-11,13,18,24H,2-3,12H2,1H3,(H,21,23)/t13-,18?/m0/s1. The monoisotopic (exact) mass is 424 g/mol. The van der Waals surface area contributed by atoms with Crippen LogP contribution in [-0.2, 0) is 14.8 Å². The van der Waals surface area contributed by atoms with Crippen LogP contribution in [0.25, 0.3) is 0 Å². The second kappa shape index (κ2) is 8.48. The summed E-state index contributed by atoms with van der Waals surface area (Å²) < 4.78 is 33.0. The first-order chi connectivity index (χ1) is 13.3. The van der Waals surface area contributed by atoms with Crippen molar-refractivity contribution in [3.8, 4) is 11.5 Å². The lowest BCUT2D eigenvalue weighted by atomic mass is 9.92. The molecule has 2 aromatic rings. The number of ether oxygens (including phenoxy) is 1. The third kappa shape index (κ3) is 4.30. The third-order valence-electron chi connectivity index (χ3n) is 4.75. The lowest BCUT2D eigenvalue weighted by Crippen LogP contribution is -2.54. The predicted octanol–water partition coefficient (Wildman–Crippen LogP) is 3.43. The van der Waals surface area contributed by atoms with Gasteiger partial charge in [-0.25, -0.2) is 13.9 Å². The van der Waals surface area contributed by atoms with Crippen LogP contribution in [-0.4, -0.2) is 36.4 Å². The molecule has 7 nitrogen and oxygen atoms in total. The molecule has 0 spiro atoms. The number of halogens is 1. The molecule has 1 fully saturated rings. The molecule has 2 N–H and O–H groups in total. The fourth-order valence-electron chi connectivity index (χ4n) is 3.33. The smallest absolute Gasteiger partial charge is 0.262 e. The number of hydrogen-bond donors (Lipinski definition) is 2. The van der Waals surface area contributed by atoms with Crippen molar-refractivity contribution >= 4 is 27.5 Å². The third-order valence-corrected chi connectivity index (χ3v) is 6.89. The maximum absolute atomic E-state index is 13.1. The Morgan fingerprint density at radius 2 is 1.71 bits per heavy atom. The molecule has 28 heavy (non-hydrogen) atoms. The van der Waals surface area contributed by atoms with Crippen molar-refractivity contribution in [3.63, 3.8) is 0 Å². The lowest BCUT2D eigenvalue weighted by molar-refractivity contribution is -0.135. The number of rotatable bonds is 5. The Labute approximate surface area is 168 Å². The summed E-state index contributed by atoms with van der Waals surface area (Å²) in [6.45, 7) is 2.01. The number of sulfonamides is 1. The van der Waals surface area contributed by atoms with Gasteiger partial charge in [0.1, 0.15) is 17.5 Å². The van der Waals surface area contributed by atoms with Crippen molar-refractivity contribution in [3.05, 3.63) is 53.6 Å². The van der Waals surface area contributed by atoms with Gasteiger partial charge in [0.25, 0.3) is 5.91 Å². The van der Waals surface area contributed by atoms with E-state index in [-0.39, 0.29) is 17.4 Å². The van der Waals surface area contributed by atoms with Gasteiger partial charge in [-0.2, -0.15) is 4.31 Å². The van der Waals surface area contributed by atoms with Crippen LogP contribution in [0.2, 0.25) is 5.02 Å². The van der Waals surface area contributed by atoms with Gasteiger partial charge in [0, 0.05) is 11.6 Å². The van der Waals surface area contributed by atoms with E-state index >= 15 is 0 Å². The van der Waals surface area contributed by atoms with E-state index in [0.29, 0.717) is 29.4 Å². The zero-order chi connectivity index (χ0) is 20.3. The highest BCUT2D eigenvalue weighted by Crippen LogP contribution is 2.31. The number of hydrogen-bond acceptors (Lipinski definition) is 5. The Bertz CT molecular complexity index is 932. The molecule has 0 radical (unpaired) electrons. The van der Waals surface area contributed by atoms with Crippen LogP contribution in [0.5, 0.6) is 11.5 Å². The first-order valence-corrected chi connectivity index (χ1v) is 10.6. The molecule has 0 aromatic heterocycles. The first kappa shape index (κ1) is 20.6. The minimum atomic E-state index is -3.91. The fraction of sp³-hybridized carbons (Fsp3) is 0.316. The van der Waals surface area contributed by atoms with Crippen LogP contribution in [0.3, 0.4) is 0 Å². The zero-order valence-corrected chi connectivity index (χ0v) is 16.8. The Hall–Kier alpha value is -2.13. The maximum Gasteiger partial charge on any atom is 0.262 e. The SMILES string of the molecule is C[C@H]1CCCN(S(=O)(=O)c2ccc(Oc3ccc(Cl)cc3)cc2)C1C(=O)NO. The summed E-state index contributed by atoms with van der Waals surface area (Å²) in [6.07, 6.45) is 1.35. The largest absolute Gasteiger partial charge is 0.457 e. The number of carbonyl (C=O) groups excluding carboxylic acids is 1. The molecular formula is C19H21ClN2O5S. The van der Waals surface area contributed by atoms with Gasteiger partial charge < -0.3 is 4.74 Å². The van der Waals surface area contributed by atoms with Gasteiger partial charge in [0.05, 0.1) is 4.90 Å². The highest BCUT2D eigenvalue weighted by molar-refractivity contribution is 7.89. The van der Waals surface area contributed by atoms with E-state index in [2.05, 4.69) is 0 Å². The molecule has 1 heterocycles. The van der Waals surface area contributed by atoms with Crippen LogP contribution in [0, 0.1) is 5.92 Å². The van der Waals surface area contributed by atoms with Crippen LogP contribution < -0.4 is 10.2 Å². The summed E-state index contributed by atoms with van der Waals surface area (Å²) in [5.74, 6) is 0.115. The van der Waals surface area contributed by atoms with Crippen LogP contribution >= 0.6 is 11.6 Å². The molecule has 9 heteroatoms. The topological polar surface area (TPSA) is 95.9 Å². The number of carbonyl (C=O) groups is 1. The van der Waals surface area contributed by atoms with Gasteiger partial charge in [0.2, 0.25) is 10.0 Å². The summed E-state index contributed by atoms with van der Waals surface area (Å²) in [4.78, 5) is 12.1. The molecule has 2 atom stereocenters. The Morgan fingerprint density at radius 1 is 1.14 bits per heavy atom. The summed E-state index contributed by atoms with van der Waals surface area (Å²) in [6, 6.07) is 11.8. The van der Waals surface area contributed by atoms with Crippen molar-refractivity contribution in [1.82, 2.24) is 9.79 Å². The highest BCUT2D eigenvalue weighted by atomic mass is 35.5. The minimum absolute atomic E-state index is 0.0563. The van der Waals surface area contributed by atoms with E-state index in [1.807, 2.05) is 0 Å². The molecule has 1 amide bonds. The summed E-state index contributed by atoms with van der Waals surface area (Å²) in [5.41, 5.74) is 1.58. The van der Waals surface area contributed by atoms with E-state index in [1.54, 1.807) is 48.8 Å². The van der Waals surface area contributed by atoms with E-state index in [1.165, 1.54) is 12.1 Å². The van der Waals surface area contributed by atoms with Crippen molar-refractivity contribution in [2.45, 2.75) is 30.7 Å². The number of piperidine rings is 1. The molecule has 1 saturated heterocycles. The molecule has 1 aliphatic heterocycles. The van der Waals surface area contributed by atoms with Gasteiger partial charge >= 0.3 is 0 Å². The number of hydroxylamine groups is 1. The molecule has 150 valence electrons. The van der Waals surface area contributed by atoms with Gasteiger partial charge in [-0.05, 0) is 67.3 Å². The molecule has 2 aromatic carbocycles. The van der Waals surface area contributed by atoms with E-state index in [0.717, 1.165) is 4.31 Å². The number of amides is 1. The van der Waals surface area contributed by atoms with E-state index < -0.39 is 22.0 Å². The average Bonchev–Trinajstić information content (AvgIpc) is 2.69. The molecule has 0 saturated carbocycles. The maximum atomic E-state index is 13.1. The summed E-state index contributed by atoms with van der Waals surface area (Å²) in [5, 5.41) is 9.60. The van der Waals surface area contributed by atoms with Gasteiger partial charge in [-0.1, -0.05) is 18.5 Å². The van der Waals surface area contributed by atoms with Gasteiger partial charge in [0.15, 0.2) is 0 Å².